The average Bonchev–Trinajstić information content (AvgIpc) is 3.06. The molecule has 23 heavy (non-hydrogen) atoms. The van der Waals surface area contributed by atoms with Crippen LogP contribution in [-0.2, 0) is 11.3 Å². The number of para-hydroxylation sites is 1. The topological polar surface area (TPSA) is 45.9 Å². The minimum Gasteiger partial charge on any atom is -0.496 e. The van der Waals surface area contributed by atoms with E-state index in [1.165, 1.54) is 0 Å². The molecule has 0 unspecified atom stereocenters. The SMILES string of the molecule is COc1ccccc1[C@@H](C)N(C)CC(=O)N(C)Cc1ccco1. The van der Waals surface area contributed by atoms with Gasteiger partial charge in [-0.1, -0.05) is 18.2 Å². The summed E-state index contributed by atoms with van der Waals surface area (Å²) in [7, 11) is 5.38. The Morgan fingerprint density at radius 2 is 1.96 bits per heavy atom. The first-order valence-electron chi connectivity index (χ1n) is 7.62. The normalized spacial score (nSPS) is 12.2. The molecule has 1 heterocycles. The zero-order chi connectivity index (χ0) is 16.8. The number of rotatable bonds is 7. The largest absolute Gasteiger partial charge is 0.496 e. The van der Waals surface area contributed by atoms with Crippen molar-refractivity contribution in [3.63, 3.8) is 0 Å². The predicted molar refractivity (Wildman–Crippen MR) is 89.2 cm³/mol. The molecule has 2 aromatic rings. The van der Waals surface area contributed by atoms with E-state index < -0.39 is 0 Å². The number of methoxy groups -OCH3 is 1. The molecule has 1 atom stereocenters. The molecule has 0 fully saturated rings. The van der Waals surface area contributed by atoms with Crippen LogP contribution in [0.5, 0.6) is 5.75 Å². The summed E-state index contributed by atoms with van der Waals surface area (Å²) < 4.78 is 10.7. The van der Waals surface area contributed by atoms with Gasteiger partial charge < -0.3 is 14.1 Å². The van der Waals surface area contributed by atoms with Gasteiger partial charge in [-0.3, -0.25) is 9.69 Å². The molecule has 1 amide bonds. The van der Waals surface area contributed by atoms with Gasteiger partial charge in [0.05, 0.1) is 26.5 Å². The fourth-order valence-electron chi connectivity index (χ4n) is 2.44. The van der Waals surface area contributed by atoms with E-state index in [0.717, 1.165) is 17.1 Å². The summed E-state index contributed by atoms with van der Waals surface area (Å²) in [4.78, 5) is 16.1. The molecule has 0 saturated carbocycles. The van der Waals surface area contributed by atoms with Gasteiger partial charge in [0, 0.05) is 18.7 Å². The average molecular weight is 316 g/mol. The van der Waals surface area contributed by atoms with Crippen LogP contribution in [0.3, 0.4) is 0 Å². The van der Waals surface area contributed by atoms with Gasteiger partial charge in [0.2, 0.25) is 5.91 Å². The van der Waals surface area contributed by atoms with E-state index in [4.69, 9.17) is 9.15 Å². The molecule has 1 aromatic heterocycles. The lowest BCUT2D eigenvalue weighted by Crippen LogP contribution is -2.37. The van der Waals surface area contributed by atoms with Crippen LogP contribution < -0.4 is 4.74 Å². The number of ether oxygens (including phenoxy) is 1. The molecule has 1 aromatic carbocycles. The number of carbonyl (C=O) groups is 1. The van der Waals surface area contributed by atoms with Crippen LogP contribution >= 0.6 is 0 Å². The number of likely N-dealkylation sites (N-methyl/N-ethyl adjacent to an activating group) is 2. The summed E-state index contributed by atoms with van der Waals surface area (Å²) in [6.45, 7) is 2.87. The van der Waals surface area contributed by atoms with E-state index in [1.54, 1.807) is 25.3 Å². The number of carbonyl (C=O) groups excluding carboxylic acids is 1. The first kappa shape index (κ1) is 17.1. The zero-order valence-corrected chi connectivity index (χ0v) is 14.2. The lowest BCUT2D eigenvalue weighted by atomic mass is 10.1. The molecule has 5 nitrogen and oxygen atoms in total. The summed E-state index contributed by atoms with van der Waals surface area (Å²) in [6.07, 6.45) is 1.61. The Kier molecular flexibility index (Phi) is 5.82. The Labute approximate surface area is 137 Å². The molecule has 124 valence electrons. The van der Waals surface area contributed by atoms with Crippen molar-refractivity contribution in [2.24, 2.45) is 0 Å². The fraction of sp³-hybridized carbons (Fsp3) is 0.389. The van der Waals surface area contributed by atoms with Crippen LogP contribution in [0.4, 0.5) is 0 Å². The third-order valence-corrected chi connectivity index (χ3v) is 4.03. The highest BCUT2D eigenvalue weighted by Crippen LogP contribution is 2.27. The summed E-state index contributed by atoms with van der Waals surface area (Å²) >= 11 is 0. The molecular formula is C18H24N2O3. The van der Waals surface area contributed by atoms with Crippen molar-refractivity contribution < 1.29 is 13.9 Å². The van der Waals surface area contributed by atoms with Crippen LogP contribution in [0, 0.1) is 0 Å². The highest BCUT2D eigenvalue weighted by atomic mass is 16.5. The first-order chi connectivity index (χ1) is 11.0. The molecule has 0 bridgehead atoms. The summed E-state index contributed by atoms with van der Waals surface area (Å²) in [5.41, 5.74) is 1.07. The molecule has 0 N–H and O–H groups in total. The van der Waals surface area contributed by atoms with Gasteiger partial charge in [0.15, 0.2) is 0 Å². The number of furan rings is 1. The van der Waals surface area contributed by atoms with Crippen molar-refractivity contribution in [3.8, 4) is 5.75 Å². The minimum atomic E-state index is 0.0469. The number of hydrogen-bond donors (Lipinski definition) is 0. The fourth-order valence-corrected chi connectivity index (χ4v) is 2.44. The minimum absolute atomic E-state index is 0.0469. The monoisotopic (exact) mass is 316 g/mol. The van der Waals surface area contributed by atoms with Crippen LogP contribution in [0.1, 0.15) is 24.3 Å². The Morgan fingerprint density at radius 3 is 2.61 bits per heavy atom. The predicted octanol–water partition coefficient (Wildman–Crippen LogP) is 2.94. The van der Waals surface area contributed by atoms with Crippen molar-refractivity contribution >= 4 is 5.91 Å². The van der Waals surface area contributed by atoms with Crippen molar-refractivity contribution in [3.05, 3.63) is 54.0 Å². The molecule has 0 aliphatic rings. The van der Waals surface area contributed by atoms with Crippen molar-refractivity contribution in [1.29, 1.82) is 0 Å². The van der Waals surface area contributed by atoms with E-state index in [1.807, 2.05) is 48.3 Å². The maximum Gasteiger partial charge on any atom is 0.236 e. The number of benzene rings is 1. The van der Waals surface area contributed by atoms with Gasteiger partial charge in [0.25, 0.3) is 0 Å². The Bertz CT molecular complexity index is 625. The Hall–Kier alpha value is -2.27. The second-order valence-electron chi connectivity index (χ2n) is 5.66. The molecule has 2 rings (SSSR count). The maximum atomic E-state index is 12.4. The van der Waals surface area contributed by atoms with E-state index in [9.17, 15) is 4.79 Å². The van der Waals surface area contributed by atoms with Gasteiger partial charge in [0.1, 0.15) is 11.5 Å². The molecule has 0 aliphatic carbocycles. The van der Waals surface area contributed by atoms with Crippen LogP contribution in [0.25, 0.3) is 0 Å². The molecular weight excluding hydrogens is 292 g/mol. The lowest BCUT2D eigenvalue weighted by Gasteiger charge is -2.27. The van der Waals surface area contributed by atoms with Gasteiger partial charge in [-0.25, -0.2) is 0 Å². The van der Waals surface area contributed by atoms with Crippen molar-refractivity contribution in [2.75, 3.05) is 27.7 Å². The van der Waals surface area contributed by atoms with Crippen molar-refractivity contribution in [2.45, 2.75) is 19.5 Å². The second kappa shape index (κ2) is 7.83. The zero-order valence-electron chi connectivity index (χ0n) is 14.2. The molecule has 0 aliphatic heterocycles. The van der Waals surface area contributed by atoms with E-state index >= 15 is 0 Å². The molecule has 5 heteroatoms. The summed E-state index contributed by atoms with van der Waals surface area (Å²) in [6, 6.07) is 11.6. The Morgan fingerprint density at radius 1 is 1.22 bits per heavy atom. The van der Waals surface area contributed by atoms with E-state index in [-0.39, 0.29) is 11.9 Å². The highest BCUT2D eigenvalue weighted by molar-refractivity contribution is 5.78. The summed E-state index contributed by atoms with van der Waals surface area (Å²) in [5.74, 6) is 1.66. The third kappa shape index (κ3) is 4.36. The number of hydrogen-bond acceptors (Lipinski definition) is 4. The van der Waals surface area contributed by atoms with Gasteiger partial charge in [-0.05, 0) is 32.2 Å². The third-order valence-electron chi connectivity index (χ3n) is 4.03. The van der Waals surface area contributed by atoms with Gasteiger partial charge >= 0.3 is 0 Å². The van der Waals surface area contributed by atoms with E-state index in [2.05, 4.69) is 6.92 Å². The highest BCUT2D eigenvalue weighted by Gasteiger charge is 2.20. The van der Waals surface area contributed by atoms with Gasteiger partial charge in [-0.15, -0.1) is 0 Å². The molecule has 0 spiro atoms. The molecule has 0 saturated heterocycles. The first-order valence-corrected chi connectivity index (χ1v) is 7.62. The standard InChI is InChI=1S/C18H24N2O3/c1-14(16-9-5-6-10-17(16)22-4)19(2)13-18(21)20(3)12-15-8-7-11-23-15/h5-11,14H,12-13H2,1-4H3/t14-/m1/s1. The van der Waals surface area contributed by atoms with Crippen molar-refractivity contribution in [1.82, 2.24) is 9.80 Å². The van der Waals surface area contributed by atoms with E-state index in [0.29, 0.717) is 13.1 Å². The van der Waals surface area contributed by atoms with Crippen LogP contribution in [0.2, 0.25) is 0 Å². The smallest absolute Gasteiger partial charge is 0.236 e. The van der Waals surface area contributed by atoms with Crippen LogP contribution in [-0.4, -0.2) is 43.5 Å². The van der Waals surface area contributed by atoms with Gasteiger partial charge in [-0.2, -0.15) is 0 Å². The lowest BCUT2D eigenvalue weighted by molar-refractivity contribution is -0.132. The number of nitrogens with zero attached hydrogens (tertiary/aromatic N) is 2. The second-order valence-corrected chi connectivity index (χ2v) is 5.66. The van der Waals surface area contributed by atoms with Crippen LogP contribution in [0.15, 0.2) is 47.1 Å². The Balaban J connectivity index is 1.97. The quantitative estimate of drug-likeness (QED) is 0.788. The summed E-state index contributed by atoms with van der Waals surface area (Å²) in [5, 5.41) is 0. The molecule has 0 radical (unpaired) electrons. The maximum absolute atomic E-state index is 12.4. The number of amides is 1.